The summed E-state index contributed by atoms with van der Waals surface area (Å²) in [5.41, 5.74) is 20.5. The van der Waals surface area contributed by atoms with Crippen LogP contribution in [0.3, 0.4) is 0 Å². The molecule has 0 fully saturated rings. The van der Waals surface area contributed by atoms with Crippen LogP contribution < -0.4 is 16.4 Å². The Bertz CT molecular complexity index is 2050. The Morgan fingerprint density at radius 2 is 1.31 bits per heavy atom. The van der Waals surface area contributed by atoms with Gasteiger partial charge in [0.1, 0.15) is 0 Å². The van der Waals surface area contributed by atoms with E-state index < -0.39 is 0 Å². The maximum Gasteiger partial charge on any atom is 2.00 e. The zero-order chi connectivity index (χ0) is 33.0. The molecule has 0 bridgehead atoms. The first kappa shape index (κ1) is 33.8. The maximum atomic E-state index is 5.44. The molecule has 0 atom stereocenters. The maximum absolute atomic E-state index is 5.44. The summed E-state index contributed by atoms with van der Waals surface area (Å²) in [6.45, 7) is 18.0. The second-order valence-electron chi connectivity index (χ2n) is 14.0. The van der Waals surface area contributed by atoms with E-state index in [-0.39, 0.29) is 33.2 Å². The Hall–Kier alpha value is -4.07. The van der Waals surface area contributed by atoms with Crippen molar-refractivity contribution in [2.24, 2.45) is 0 Å². The molecule has 4 aromatic carbocycles. The molecular formula is C44H41BN2Pt. The summed E-state index contributed by atoms with van der Waals surface area (Å²) in [6, 6.07) is 38.0. The zero-order valence-electron chi connectivity index (χ0n) is 29.2. The molecule has 0 saturated carbocycles. The number of rotatable bonds is 6. The molecule has 2 heterocycles. The number of fused-ring (bicyclic) bond motifs is 3. The molecule has 7 rings (SSSR count). The number of pyridine rings is 2. The SMILES string of the molecule is Cc1cc(C)c(B(c2cc(-c3[c-]cccc3)[c-]c3c2Cc2ccc(C(C)(C)c4ccccn4)nc2-3)c2c(C)cc(C)cc2C)c(C)c1.[Pt+2]. The van der Waals surface area contributed by atoms with Crippen molar-refractivity contribution in [3.8, 4) is 22.4 Å². The van der Waals surface area contributed by atoms with E-state index in [4.69, 9.17) is 9.97 Å². The molecule has 0 amide bonds. The Balaban J connectivity index is 0.00000401. The van der Waals surface area contributed by atoms with Gasteiger partial charge in [-0.25, -0.2) is 5.56 Å². The molecule has 0 spiro atoms. The molecule has 48 heavy (non-hydrogen) atoms. The normalized spacial score (nSPS) is 11.9. The number of nitrogens with zero attached hydrogens (tertiary/aromatic N) is 2. The summed E-state index contributed by atoms with van der Waals surface area (Å²) in [4.78, 5) is 10.2. The van der Waals surface area contributed by atoms with Gasteiger partial charge in [-0.2, -0.15) is 42.0 Å². The average molecular weight is 804 g/mol. The van der Waals surface area contributed by atoms with Crippen LogP contribution in [-0.2, 0) is 32.9 Å². The number of hydrogen-bond acceptors (Lipinski definition) is 2. The Kier molecular flexibility index (Phi) is 9.23. The molecule has 240 valence electrons. The minimum Gasteiger partial charge on any atom is -0.290 e. The van der Waals surface area contributed by atoms with Crippen molar-refractivity contribution in [2.45, 2.75) is 67.2 Å². The predicted molar refractivity (Wildman–Crippen MR) is 198 cm³/mol. The van der Waals surface area contributed by atoms with E-state index in [0.29, 0.717) is 0 Å². The van der Waals surface area contributed by atoms with Crippen molar-refractivity contribution < 1.29 is 21.1 Å². The summed E-state index contributed by atoms with van der Waals surface area (Å²) in [5, 5.41) is 0. The number of hydrogen-bond donors (Lipinski definition) is 0. The minimum atomic E-state index is -0.346. The molecule has 0 unspecified atom stereocenters. The average Bonchev–Trinajstić information content (AvgIpc) is 3.42. The van der Waals surface area contributed by atoms with Gasteiger partial charge >= 0.3 is 21.1 Å². The van der Waals surface area contributed by atoms with E-state index in [2.05, 4.69) is 134 Å². The monoisotopic (exact) mass is 803 g/mol. The third-order valence-electron chi connectivity index (χ3n) is 10.1. The van der Waals surface area contributed by atoms with Gasteiger partial charge in [0.2, 0.25) is 6.71 Å². The van der Waals surface area contributed by atoms with Gasteiger partial charge in [-0.1, -0.05) is 86.3 Å². The van der Waals surface area contributed by atoms with Crippen LogP contribution in [0.15, 0.2) is 91.1 Å². The second kappa shape index (κ2) is 13.1. The topological polar surface area (TPSA) is 25.8 Å². The molecule has 4 heteroatoms. The summed E-state index contributed by atoms with van der Waals surface area (Å²) < 4.78 is 0. The van der Waals surface area contributed by atoms with E-state index in [9.17, 15) is 0 Å². The van der Waals surface area contributed by atoms with Crippen LogP contribution in [-0.4, -0.2) is 16.7 Å². The summed E-state index contributed by atoms with van der Waals surface area (Å²) in [6.07, 6.45) is 2.70. The second-order valence-corrected chi connectivity index (χ2v) is 14.0. The van der Waals surface area contributed by atoms with E-state index >= 15 is 0 Å². The van der Waals surface area contributed by atoms with Gasteiger partial charge in [0, 0.05) is 23.0 Å². The Morgan fingerprint density at radius 3 is 1.88 bits per heavy atom. The molecular weight excluding hydrogens is 762 g/mol. The van der Waals surface area contributed by atoms with Crippen LogP contribution >= 0.6 is 0 Å². The van der Waals surface area contributed by atoms with E-state index in [1.807, 2.05) is 24.4 Å². The van der Waals surface area contributed by atoms with Gasteiger partial charge in [-0.15, -0.1) is 22.7 Å². The van der Waals surface area contributed by atoms with Crippen LogP contribution in [0.4, 0.5) is 0 Å². The first-order valence-electron chi connectivity index (χ1n) is 16.7. The predicted octanol–water partition coefficient (Wildman–Crippen LogP) is 8.01. The van der Waals surface area contributed by atoms with Gasteiger partial charge in [0.25, 0.3) is 0 Å². The van der Waals surface area contributed by atoms with Crippen molar-refractivity contribution in [1.82, 2.24) is 9.97 Å². The smallest absolute Gasteiger partial charge is 0.290 e. The largest absolute Gasteiger partial charge is 2.00 e. The Morgan fingerprint density at radius 1 is 0.688 bits per heavy atom. The Labute approximate surface area is 301 Å². The molecule has 6 aromatic rings. The van der Waals surface area contributed by atoms with Gasteiger partial charge in [-0.05, 0) is 80.0 Å². The third-order valence-corrected chi connectivity index (χ3v) is 10.1. The first-order valence-corrected chi connectivity index (χ1v) is 16.7. The van der Waals surface area contributed by atoms with Gasteiger partial charge in [0.05, 0.1) is 5.69 Å². The van der Waals surface area contributed by atoms with E-state index in [1.54, 1.807) is 0 Å². The van der Waals surface area contributed by atoms with Crippen molar-refractivity contribution in [2.75, 3.05) is 0 Å². The van der Waals surface area contributed by atoms with Gasteiger partial charge < -0.3 is 0 Å². The van der Waals surface area contributed by atoms with Crippen LogP contribution in [0.5, 0.6) is 0 Å². The van der Waals surface area contributed by atoms with Crippen molar-refractivity contribution in [3.63, 3.8) is 0 Å². The van der Waals surface area contributed by atoms with Crippen molar-refractivity contribution in [3.05, 3.63) is 159 Å². The first-order chi connectivity index (χ1) is 22.5. The zero-order valence-corrected chi connectivity index (χ0v) is 31.4. The van der Waals surface area contributed by atoms with E-state index in [0.717, 1.165) is 40.2 Å². The molecule has 0 N–H and O–H groups in total. The molecule has 1 aliphatic rings. The number of benzene rings is 4. The molecule has 2 nitrogen and oxygen atoms in total. The molecule has 0 saturated heterocycles. The van der Waals surface area contributed by atoms with Crippen LogP contribution in [0, 0.1) is 53.7 Å². The molecule has 0 radical (unpaired) electrons. The summed E-state index contributed by atoms with van der Waals surface area (Å²) in [5.74, 6) is 0. The van der Waals surface area contributed by atoms with Crippen molar-refractivity contribution in [1.29, 1.82) is 0 Å². The van der Waals surface area contributed by atoms with Gasteiger partial charge in [-0.3, -0.25) is 9.97 Å². The van der Waals surface area contributed by atoms with E-state index in [1.165, 1.54) is 60.9 Å². The standard InChI is InChI=1S/C44H41BN2.Pt/c1-27-20-29(3)41(30(4)21-27)45(42-31(5)22-28(2)23-32(42)6)38-26-35(33-14-10-9-11-15-33)25-37-36(38)24-34-17-18-40(47-43(34)37)44(7,8)39-16-12-13-19-46-39;/h9-14,16-23,26H,24H2,1-8H3;/q-2;+2. The van der Waals surface area contributed by atoms with Crippen LogP contribution in [0.2, 0.25) is 0 Å². The summed E-state index contributed by atoms with van der Waals surface area (Å²) >= 11 is 0. The molecule has 2 aromatic heterocycles. The molecule has 0 aliphatic heterocycles. The number of aromatic nitrogens is 2. The van der Waals surface area contributed by atoms with Crippen LogP contribution in [0.1, 0.15) is 69.7 Å². The fourth-order valence-electron chi connectivity index (χ4n) is 7.99. The fraction of sp³-hybridized carbons (Fsp3) is 0.227. The van der Waals surface area contributed by atoms with Gasteiger partial charge in [0.15, 0.2) is 0 Å². The van der Waals surface area contributed by atoms with Crippen molar-refractivity contribution >= 4 is 23.1 Å². The molecule has 1 aliphatic carbocycles. The summed E-state index contributed by atoms with van der Waals surface area (Å²) in [7, 11) is 0. The third kappa shape index (κ3) is 5.92. The number of aryl methyl sites for hydroxylation is 6. The van der Waals surface area contributed by atoms with Crippen LogP contribution in [0.25, 0.3) is 22.4 Å². The quantitative estimate of drug-likeness (QED) is 0.126. The fourth-order valence-corrected chi connectivity index (χ4v) is 7.99. The minimum absolute atomic E-state index is 0.